The molecule has 3 rings (SSSR count). The first kappa shape index (κ1) is 19.4. The summed E-state index contributed by atoms with van der Waals surface area (Å²) in [5, 5.41) is 0. The van der Waals surface area contributed by atoms with Crippen LogP contribution in [0.4, 0.5) is 4.39 Å². The first-order valence-corrected chi connectivity index (χ1v) is 10.4. The van der Waals surface area contributed by atoms with Crippen LogP contribution in [0, 0.1) is 5.82 Å². The highest BCUT2D eigenvalue weighted by atomic mass is 32.2. The first-order chi connectivity index (χ1) is 12.9. The Morgan fingerprint density at radius 1 is 1.30 bits per heavy atom. The van der Waals surface area contributed by atoms with Gasteiger partial charge in [0.1, 0.15) is 5.82 Å². The molecular formula is C19H22FN3O3S. The molecule has 1 aromatic carbocycles. The number of carbonyl (C=O) groups excluding carboxylic acids is 1. The van der Waals surface area contributed by atoms with E-state index in [1.54, 1.807) is 17.3 Å². The van der Waals surface area contributed by atoms with Crippen molar-refractivity contribution in [2.75, 3.05) is 13.1 Å². The van der Waals surface area contributed by atoms with Crippen LogP contribution in [-0.4, -0.2) is 43.3 Å². The molecule has 144 valence electrons. The van der Waals surface area contributed by atoms with Crippen LogP contribution in [-0.2, 0) is 21.2 Å². The van der Waals surface area contributed by atoms with Crippen molar-refractivity contribution < 1.29 is 17.6 Å². The minimum atomic E-state index is -3.82. The van der Waals surface area contributed by atoms with Gasteiger partial charge < -0.3 is 4.90 Å². The van der Waals surface area contributed by atoms with Gasteiger partial charge in [0.25, 0.3) is 0 Å². The van der Waals surface area contributed by atoms with Crippen LogP contribution < -0.4 is 4.72 Å². The van der Waals surface area contributed by atoms with Crippen molar-refractivity contribution in [3.8, 4) is 0 Å². The van der Waals surface area contributed by atoms with Gasteiger partial charge in [-0.15, -0.1) is 0 Å². The maximum absolute atomic E-state index is 13.3. The summed E-state index contributed by atoms with van der Waals surface area (Å²) >= 11 is 0. The van der Waals surface area contributed by atoms with E-state index in [0.29, 0.717) is 32.4 Å². The third-order valence-corrected chi connectivity index (χ3v) is 6.07. The summed E-state index contributed by atoms with van der Waals surface area (Å²) in [5.74, 6) is -0.609. The Bertz CT molecular complexity index is 890. The zero-order valence-corrected chi connectivity index (χ0v) is 15.7. The minimum absolute atomic E-state index is 0.00601. The number of likely N-dealkylation sites (tertiary alicyclic amines) is 1. The Labute approximate surface area is 158 Å². The fraction of sp³-hybridized carbons (Fsp3) is 0.368. The fourth-order valence-electron chi connectivity index (χ4n) is 3.18. The number of nitrogens with zero attached hydrogens (tertiary/aromatic N) is 2. The highest BCUT2D eigenvalue weighted by molar-refractivity contribution is 7.89. The number of nitrogens with one attached hydrogen (secondary N) is 1. The first-order valence-electron chi connectivity index (χ1n) is 8.88. The van der Waals surface area contributed by atoms with Gasteiger partial charge in [-0.05, 0) is 49.1 Å². The Kier molecular flexibility index (Phi) is 6.18. The minimum Gasteiger partial charge on any atom is -0.341 e. The van der Waals surface area contributed by atoms with E-state index in [1.807, 2.05) is 12.1 Å². The molecule has 1 aliphatic heterocycles. The van der Waals surface area contributed by atoms with Crippen molar-refractivity contribution in [3.05, 3.63) is 60.2 Å². The molecule has 0 radical (unpaired) electrons. The molecule has 1 fully saturated rings. The number of pyridine rings is 1. The molecule has 1 aromatic heterocycles. The second-order valence-corrected chi connectivity index (χ2v) is 8.33. The van der Waals surface area contributed by atoms with E-state index < -0.39 is 15.8 Å². The Morgan fingerprint density at radius 3 is 2.89 bits per heavy atom. The number of sulfonamides is 1. The predicted molar refractivity (Wildman–Crippen MR) is 98.9 cm³/mol. The van der Waals surface area contributed by atoms with E-state index in [-0.39, 0.29) is 16.8 Å². The number of aromatic nitrogens is 1. The van der Waals surface area contributed by atoms with Crippen molar-refractivity contribution in [1.29, 1.82) is 0 Å². The molecule has 6 nitrogen and oxygen atoms in total. The second-order valence-electron chi connectivity index (χ2n) is 6.62. The quantitative estimate of drug-likeness (QED) is 0.818. The number of benzene rings is 1. The van der Waals surface area contributed by atoms with E-state index in [1.165, 1.54) is 18.2 Å². The average molecular weight is 391 g/mol. The van der Waals surface area contributed by atoms with Crippen molar-refractivity contribution in [3.63, 3.8) is 0 Å². The van der Waals surface area contributed by atoms with Gasteiger partial charge in [-0.2, -0.15) is 0 Å². The fourth-order valence-corrected chi connectivity index (χ4v) is 4.47. The summed E-state index contributed by atoms with van der Waals surface area (Å²) in [7, 11) is -3.82. The summed E-state index contributed by atoms with van der Waals surface area (Å²) in [6.45, 7) is 0.935. The average Bonchev–Trinajstić information content (AvgIpc) is 2.67. The number of carbonyl (C=O) groups is 1. The molecule has 8 heteroatoms. The number of hydrogen-bond acceptors (Lipinski definition) is 4. The van der Waals surface area contributed by atoms with Crippen LogP contribution in [0.15, 0.2) is 53.7 Å². The van der Waals surface area contributed by atoms with E-state index in [9.17, 15) is 17.6 Å². The molecule has 0 aliphatic carbocycles. The molecular weight excluding hydrogens is 369 g/mol. The topological polar surface area (TPSA) is 79.4 Å². The van der Waals surface area contributed by atoms with Gasteiger partial charge in [-0.3, -0.25) is 9.78 Å². The lowest BCUT2D eigenvalue weighted by Crippen LogP contribution is -2.49. The number of aryl methyl sites for hydroxylation is 1. The van der Waals surface area contributed by atoms with Crippen LogP contribution in [0.5, 0.6) is 0 Å². The summed E-state index contributed by atoms with van der Waals surface area (Å²) in [4.78, 5) is 18.1. The maximum atomic E-state index is 13.3. The molecule has 2 heterocycles. The van der Waals surface area contributed by atoms with Gasteiger partial charge in [0.2, 0.25) is 15.9 Å². The Morgan fingerprint density at radius 2 is 2.15 bits per heavy atom. The third-order valence-electron chi connectivity index (χ3n) is 4.55. The van der Waals surface area contributed by atoms with Crippen molar-refractivity contribution in [1.82, 2.24) is 14.6 Å². The molecule has 1 N–H and O–H groups in total. The number of amides is 1. The molecule has 1 atom stereocenters. The normalized spacial score (nSPS) is 17.7. The predicted octanol–water partition coefficient (Wildman–Crippen LogP) is 2.12. The van der Waals surface area contributed by atoms with Gasteiger partial charge in [-0.25, -0.2) is 17.5 Å². The summed E-state index contributed by atoms with van der Waals surface area (Å²) in [6, 6.07) is 8.27. The summed E-state index contributed by atoms with van der Waals surface area (Å²) < 4.78 is 40.8. The van der Waals surface area contributed by atoms with Crippen LogP contribution in [0.3, 0.4) is 0 Å². The molecule has 0 bridgehead atoms. The van der Waals surface area contributed by atoms with Gasteiger partial charge in [-0.1, -0.05) is 12.1 Å². The zero-order chi connectivity index (χ0) is 19.3. The van der Waals surface area contributed by atoms with Crippen LogP contribution in [0.2, 0.25) is 0 Å². The molecule has 27 heavy (non-hydrogen) atoms. The van der Waals surface area contributed by atoms with E-state index in [2.05, 4.69) is 9.71 Å². The lowest BCUT2D eigenvalue weighted by molar-refractivity contribution is -0.132. The van der Waals surface area contributed by atoms with E-state index in [0.717, 1.165) is 18.1 Å². The Balaban J connectivity index is 1.58. The zero-order valence-electron chi connectivity index (χ0n) is 14.8. The second kappa shape index (κ2) is 8.58. The molecule has 2 aromatic rings. The summed E-state index contributed by atoms with van der Waals surface area (Å²) in [5.41, 5.74) is 0.992. The van der Waals surface area contributed by atoms with Crippen LogP contribution >= 0.6 is 0 Å². The molecule has 1 aliphatic rings. The van der Waals surface area contributed by atoms with Crippen molar-refractivity contribution in [2.24, 2.45) is 0 Å². The number of rotatable bonds is 6. The molecule has 1 unspecified atom stereocenters. The van der Waals surface area contributed by atoms with Gasteiger partial charge >= 0.3 is 0 Å². The lowest BCUT2D eigenvalue weighted by atomic mass is 10.1. The standard InChI is InChI=1S/C19H22FN3O3S/c20-16-5-1-7-18(12-16)27(25,26)22-17-6-3-11-23(14-17)19(24)9-8-15-4-2-10-21-13-15/h1-2,4-5,7,10,12-13,17,22H,3,6,8-9,11,14H2. The van der Waals surface area contributed by atoms with E-state index in [4.69, 9.17) is 0 Å². The maximum Gasteiger partial charge on any atom is 0.240 e. The number of piperidine rings is 1. The smallest absolute Gasteiger partial charge is 0.240 e. The number of halogens is 1. The molecule has 1 saturated heterocycles. The van der Waals surface area contributed by atoms with Crippen LogP contribution in [0.25, 0.3) is 0 Å². The van der Waals surface area contributed by atoms with Crippen molar-refractivity contribution >= 4 is 15.9 Å². The van der Waals surface area contributed by atoms with E-state index >= 15 is 0 Å². The molecule has 1 amide bonds. The van der Waals surface area contributed by atoms with Crippen molar-refractivity contribution in [2.45, 2.75) is 36.6 Å². The monoisotopic (exact) mass is 391 g/mol. The molecule has 0 spiro atoms. The highest BCUT2D eigenvalue weighted by Gasteiger charge is 2.27. The Hall–Kier alpha value is -2.32. The highest BCUT2D eigenvalue weighted by Crippen LogP contribution is 2.16. The molecule has 0 saturated carbocycles. The number of hydrogen-bond donors (Lipinski definition) is 1. The van der Waals surface area contributed by atoms with Gasteiger partial charge in [0, 0.05) is 37.9 Å². The largest absolute Gasteiger partial charge is 0.341 e. The third kappa shape index (κ3) is 5.33. The van der Waals surface area contributed by atoms with Gasteiger partial charge in [0.05, 0.1) is 4.90 Å². The van der Waals surface area contributed by atoms with Crippen LogP contribution in [0.1, 0.15) is 24.8 Å². The van der Waals surface area contributed by atoms with Gasteiger partial charge in [0.15, 0.2) is 0 Å². The lowest BCUT2D eigenvalue weighted by Gasteiger charge is -2.33. The summed E-state index contributed by atoms with van der Waals surface area (Å²) in [6.07, 6.45) is 5.73. The SMILES string of the molecule is O=C(CCc1cccnc1)N1CCCC(NS(=O)(=O)c2cccc(F)c2)C1.